The van der Waals surface area contributed by atoms with Crippen LogP contribution in [0.4, 0.5) is 0 Å². The van der Waals surface area contributed by atoms with Gasteiger partial charge in [0.05, 0.1) is 5.69 Å². The minimum absolute atomic E-state index is 0.249. The lowest BCUT2D eigenvalue weighted by molar-refractivity contribution is 0.121. The van der Waals surface area contributed by atoms with Crippen molar-refractivity contribution in [3.63, 3.8) is 0 Å². The molecule has 2 rings (SSSR count). The predicted octanol–water partition coefficient (Wildman–Crippen LogP) is 2.09. The number of hydrogen-bond donors (Lipinski definition) is 1. The van der Waals surface area contributed by atoms with Crippen molar-refractivity contribution in [2.45, 2.75) is 51.7 Å². The van der Waals surface area contributed by atoms with E-state index in [0.717, 1.165) is 13.1 Å². The Hall–Kier alpha value is -0.930. The van der Waals surface area contributed by atoms with Gasteiger partial charge >= 0.3 is 0 Å². The minimum Gasteiger partial charge on any atom is -0.327 e. The van der Waals surface area contributed by atoms with Gasteiger partial charge in [-0.05, 0) is 44.9 Å². The molecule has 2 heterocycles. The van der Waals surface area contributed by atoms with E-state index in [2.05, 4.69) is 29.8 Å². The number of nitrogens with zero attached hydrogens (tertiary/aromatic N) is 2. The summed E-state index contributed by atoms with van der Waals surface area (Å²) in [6.07, 6.45) is 5.70. The second kappa shape index (κ2) is 5.61. The number of likely N-dealkylation sites (tertiary alicyclic amines) is 1. The van der Waals surface area contributed by atoms with E-state index < -0.39 is 0 Å². The van der Waals surface area contributed by atoms with Crippen LogP contribution in [0.2, 0.25) is 0 Å². The maximum Gasteiger partial charge on any atom is 0.0573 e. The van der Waals surface area contributed by atoms with Gasteiger partial charge in [0.15, 0.2) is 0 Å². The second-order valence-corrected chi connectivity index (χ2v) is 5.16. The molecule has 2 unspecified atom stereocenters. The lowest BCUT2D eigenvalue weighted by atomic mass is 9.96. The van der Waals surface area contributed by atoms with Gasteiger partial charge in [0.25, 0.3) is 0 Å². The van der Waals surface area contributed by atoms with Gasteiger partial charge in [-0.15, -0.1) is 0 Å². The molecule has 1 aromatic rings. The fourth-order valence-corrected chi connectivity index (χ4v) is 2.68. The first kappa shape index (κ1) is 12.5. The van der Waals surface area contributed by atoms with Crippen LogP contribution in [-0.2, 0) is 6.54 Å². The van der Waals surface area contributed by atoms with Gasteiger partial charge in [-0.2, -0.15) is 0 Å². The Bertz CT molecular complexity index is 362. The summed E-state index contributed by atoms with van der Waals surface area (Å²) in [6, 6.07) is 4.90. The third kappa shape index (κ3) is 3.05. The van der Waals surface area contributed by atoms with E-state index in [4.69, 9.17) is 5.73 Å². The van der Waals surface area contributed by atoms with E-state index in [1.54, 1.807) is 0 Å². The van der Waals surface area contributed by atoms with Crippen molar-refractivity contribution in [3.8, 4) is 0 Å². The smallest absolute Gasteiger partial charge is 0.0573 e. The molecule has 3 heteroatoms. The highest BCUT2D eigenvalue weighted by Crippen LogP contribution is 2.21. The van der Waals surface area contributed by atoms with Crippen LogP contribution in [0.1, 0.15) is 37.4 Å². The molecule has 2 N–H and O–H groups in total. The summed E-state index contributed by atoms with van der Waals surface area (Å²) in [5.41, 5.74) is 8.56. The van der Waals surface area contributed by atoms with Gasteiger partial charge in [0, 0.05) is 24.8 Å². The molecule has 0 aliphatic carbocycles. The lowest BCUT2D eigenvalue weighted by Crippen LogP contribution is -2.48. The molecule has 1 fully saturated rings. The van der Waals surface area contributed by atoms with Crippen LogP contribution in [0.5, 0.6) is 0 Å². The summed E-state index contributed by atoms with van der Waals surface area (Å²) in [6.45, 7) is 6.35. The number of pyridine rings is 1. The number of nitrogens with two attached hydrogens (primary N) is 1. The molecule has 0 spiro atoms. The quantitative estimate of drug-likeness (QED) is 0.869. The highest BCUT2D eigenvalue weighted by atomic mass is 15.2. The molecule has 17 heavy (non-hydrogen) atoms. The van der Waals surface area contributed by atoms with Gasteiger partial charge < -0.3 is 5.73 Å². The van der Waals surface area contributed by atoms with E-state index in [1.807, 2.05) is 12.3 Å². The highest BCUT2D eigenvalue weighted by molar-refractivity contribution is 5.17. The molecule has 1 saturated heterocycles. The van der Waals surface area contributed by atoms with Crippen LogP contribution in [0.3, 0.4) is 0 Å². The van der Waals surface area contributed by atoms with Crippen LogP contribution in [0.25, 0.3) is 0 Å². The summed E-state index contributed by atoms with van der Waals surface area (Å²) in [5, 5.41) is 0. The van der Waals surface area contributed by atoms with Crippen molar-refractivity contribution in [3.05, 3.63) is 29.6 Å². The third-order valence-electron chi connectivity index (χ3n) is 3.74. The van der Waals surface area contributed by atoms with Crippen molar-refractivity contribution in [2.24, 2.45) is 5.73 Å². The van der Waals surface area contributed by atoms with Crippen molar-refractivity contribution in [2.75, 3.05) is 6.54 Å². The summed E-state index contributed by atoms with van der Waals surface area (Å²) >= 11 is 0. The van der Waals surface area contributed by atoms with Gasteiger partial charge in [-0.3, -0.25) is 9.88 Å². The van der Waals surface area contributed by atoms with E-state index >= 15 is 0 Å². The summed E-state index contributed by atoms with van der Waals surface area (Å²) in [4.78, 5) is 6.99. The molecular weight excluding hydrogens is 210 g/mol. The number of aryl methyl sites for hydroxylation is 1. The Labute approximate surface area is 104 Å². The maximum atomic E-state index is 6.09. The zero-order chi connectivity index (χ0) is 12.3. The van der Waals surface area contributed by atoms with Crippen LogP contribution >= 0.6 is 0 Å². The Balaban J connectivity index is 2.08. The molecule has 1 aliphatic heterocycles. The average Bonchev–Trinajstić information content (AvgIpc) is 2.32. The van der Waals surface area contributed by atoms with Crippen molar-refractivity contribution in [1.82, 2.24) is 9.88 Å². The van der Waals surface area contributed by atoms with E-state index in [1.165, 1.54) is 30.5 Å². The molecule has 1 aliphatic rings. The summed E-state index contributed by atoms with van der Waals surface area (Å²) < 4.78 is 0. The monoisotopic (exact) mass is 233 g/mol. The number of piperidine rings is 1. The van der Waals surface area contributed by atoms with Crippen LogP contribution in [-0.4, -0.2) is 28.5 Å². The lowest BCUT2D eigenvalue weighted by Gasteiger charge is -2.38. The van der Waals surface area contributed by atoms with Crippen molar-refractivity contribution in [1.29, 1.82) is 0 Å². The fourth-order valence-electron chi connectivity index (χ4n) is 2.68. The average molecular weight is 233 g/mol. The molecule has 0 amide bonds. The molecule has 3 nitrogen and oxygen atoms in total. The van der Waals surface area contributed by atoms with Crippen molar-refractivity contribution < 1.29 is 0 Å². The zero-order valence-corrected chi connectivity index (χ0v) is 10.9. The van der Waals surface area contributed by atoms with E-state index in [0.29, 0.717) is 6.04 Å². The topological polar surface area (TPSA) is 42.2 Å². The first-order chi connectivity index (χ1) is 8.18. The Morgan fingerprint density at radius 2 is 2.35 bits per heavy atom. The molecule has 94 valence electrons. The standard InChI is InChI=1S/C14H23N3/c1-11-6-5-8-16-13(11)10-17-9-4-3-7-14(17)12(2)15/h5-6,8,12,14H,3-4,7,9-10,15H2,1-2H3. The fraction of sp³-hybridized carbons (Fsp3) is 0.643. The van der Waals surface area contributed by atoms with Crippen molar-refractivity contribution >= 4 is 0 Å². The summed E-state index contributed by atoms with van der Waals surface area (Å²) in [5.74, 6) is 0. The zero-order valence-electron chi connectivity index (χ0n) is 10.9. The normalized spacial score (nSPS) is 23.6. The molecule has 2 atom stereocenters. The molecule has 1 aromatic heterocycles. The van der Waals surface area contributed by atoms with Crippen LogP contribution < -0.4 is 5.73 Å². The molecule has 0 radical (unpaired) electrons. The predicted molar refractivity (Wildman–Crippen MR) is 70.7 cm³/mol. The largest absolute Gasteiger partial charge is 0.327 e. The SMILES string of the molecule is Cc1cccnc1CN1CCCCC1C(C)N. The van der Waals surface area contributed by atoms with Gasteiger partial charge in [-0.25, -0.2) is 0 Å². The first-order valence-corrected chi connectivity index (χ1v) is 6.58. The molecular formula is C14H23N3. The number of hydrogen-bond acceptors (Lipinski definition) is 3. The Morgan fingerprint density at radius 1 is 1.53 bits per heavy atom. The van der Waals surface area contributed by atoms with E-state index in [9.17, 15) is 0 Å². The maximum absolute atomic E-state index is 6.09. The first-order valence-electron chi connectivity index (χ1n) is 6.58. The molecule has 0 saturated carbocycles. The van der Waals surface area contributed by atoms with Gasteiger partial charge in [0.1, 0.15) is 0 Å². The van der Waals surface area contributed by atoms with Crippen LogP contribution in [0, 0.1) is 6.92 Å². The Kier molecular flexibility index (Phi) is 4.13. The number of rotatable bonds is 3. The summed E-state index contributed by atoms with van der Waals surface area (Å²) in [7, 11) is 0. The minimum atomic E-state index is 0.249. The number of aromatic nitrogens is 1. The van der Waals surface area contributed by atoms with E-state index in [-0.39, 0.29) is 6.04 Å². The third-order valence-corrected chi connectivity index (χ3v) is 3.74. The van der Waals surface area contributed by atoms with Crippen LogP contribution in [0.15, 0.2) is 18.3 Å². The molecule has 0 aromatic carbocycles. The molecule has 0 bridgehead atoms. The Morgan fingerprint density at radius 3 is 3.06 bits per heavy atom. The van der Waals surface area contributed by atoms with Gasteiger partial charge in [-0.1, -0.05) is 12.5 Å². The second-order valence-electron chi connectivity index (χ2n) is 5.16. The van der Waals surface area contributed by atoms with Gasteiger partial charge in [0.2, 0.25) is 0 Å². The highest BCUT2D eigenvalue weighted by Gasteiger charge is 2.25.